The molecule has 0 bridgehead atoms. The molecule has 0 atom stereocenters. The molecule has 1 fully saturated rings. The fraction of sp³-hybridized carbons (Fsp3) is 0.533. The Morgan fingerprint density at radius 2 is 1.89 bits per heavy atom. The van der Waals surface area contributed by atoms with Gasteiger partial charge < -0.3 is 4.74 Å². The molecule has 1 aliphatic carbocycles. The molecule has 0 spiro atoms. The summed E-state index contributed by atoms with van der Waals surface area (Å²) >= 11 is 3.40. The highest BCUT2D eigenvalue weighted by molar-refractivity contribution is 9.10. The van der Waals surface area contributed by atoms with E-state index in [4.69, 9.17) is 4.74 Å². The van der Waals surface area contributed by atoms with Gasteiger partial charge in [0.25, 0.3) is 0 Å². The van der Waals surface area contributed by atoms with Gasteiger partial charge in [-0.05, 0) is 31.0 Å². The van der Waals surface area contributed by atoms with Crippen molar-refractivity contribution in [2.75, 3.05) is 7.11 Å². The van der Waals surface area contributed by atoms with Crippen LogP contribution < -0.4 is 4.74 Å². The van der Waals surface area contributed by atoms with Gasteiger partial charge in [-0.15, -0.1) is 0 Å². The minimum Gasteiger partial charge on any atom is -0.496 e. The molecule has 0 saturated heterocycles. The van der Waals surface area contributed by atoms with Crippen molar-refractivity contribution in [2.24, 2.45) is 5.92 Å². The lowest BCUT2D eigenvalue weighted by Gasteiger charge is -2.15. The number of methoxy groups -OCH3 is 1. The topological polar surface area (TPSA) is 26.3 Å². The number of halogens is 1. The molecule has 0 unspecified atom stereocenters. The number of carbonyl (C=O) groups excluding carboxylic acids is 1. The fourth-order valence-electron chi connectivity index (χ4n) is 2.63. The monoisotopic (exact) mass is 310 g/mol. The number of ketones is 1. The molecule has 1 aromatic carbocycles. The molecule has 0 N–H and O–H groups in total. The lowest BCUT2D eigenvalue weighted by atomic mass is 9.90. The Hall–Kier alpha value is -0.830. The number of carbonyl (C=O) groups is 1. The quantitative estimate of drug-likeness (QED) is 0.602. The summed E-state index contributed by atoms with van der Waals surface area (Å²) < 4.78 is 6.26. The van der Waals surface area contributed by atoms with Gasteiger partial charge in [-0.2, -0.15) is 0 Å². The molecule has 0 amide bonds. The largest absolute Gasteiger partial charge is 0.496 e. The first-order chi connectivity index (χ1) is 8.72. The molecule has 2 rings (SSSR count). The first-order valence-corrected chi connectivity index (χ1v) is 7.39. The third-order valence-electron chi connectivity index (χ3n) is 3.65. The third kappa shape index (κ3) is 3.14. The van der Waals surface area contributed by atoms with E-state index in [-0.39, 0.29) is 11.7 Å². The van der Waals surface area contributed by atoms with Gasteiger partial charge in [0.2, 0.25) is 0 Å². The SMILES string of the molecule is COc1cc(Br)ccc1C(=O)C1CCCCCC1. The van der Waals surface area contributed by atoms with Gasteiger partial charge in [0.1, 0.15) is 5.75 Å². The highest BCUT2D eigenvalue weighted by Gasteiger charge is 2.23. The molecular formula is C15H19BrO2. The second-order valence-corrected chi connectivity index (χ2v) is 5.81. The molecule has 0 aliphatic heterocycles. The van der Waals surface area contributed by atoms with Crippen molar-refractivity contribution in [2.45, 2.75) is 38.5 Å². The van der Waals surface area contributed by atoms with Crippen molar-refractivity contribution in [3.8, 4) is 5.75 Å². The molecule has 1 aromatic rings. The van der Waals surface area contributed by atoms with Crippen LogP contribution in [0, 0.1) is 5.92 Å². The van der Waals surface area contributed by atoms with Crippen molar-refractivity contribution < 1.29 is 9.53 Å². The number of ether oxygens (including phenoxy) is 1. The minimum atomic E-state index is 0.183. The number of hydrogen-bond donors (Lipinski definition) is 0. The molecule has 0 radical (unpaired) electrons. The summed E-state index contributed by atoms with van der Waals surface area (Å²) in [5.74, 6) is 1.11. The zero-order valence-electron chi connectivity index (χ0n) is 10.7. The zero-order valence-corrected chi connectivity index (χ0v) is 12.3. The number of benzene rings is 1. The fourth-order valence-corrected chi connectivity index (χ4v) is 2.97. The summed E-state index contributed by atoms with van der Waals surface area (Å²) in [6.07, 6.45) is 6.93. The van der Waals surface area contributed by atoms with Gasteiger partial charge in [-0.1, -0.05) is 41.6 Å². The van der Waals surface area contributed by atoms with Gasteiger partial charge in [-0.3, -0.25) is 4.79 Å². The maximum Gasteiger partial charge on any atom is 0.169 e. The van der Waals surface area contributed by atoms with Crippen LogP contribution >= 0.6 is 15.9 Å². The van der Waals surface area contributed by atoms with Crippen molar-refractivity contribution in [1.82, 2.24) is 0 Å². The van der Waals surface area contributed by atoms with Gasteiger partial charge in [0.15, 0.2) is 5.78 Å². The summed E-state index contributed by atoms with van der Waals surface area (Å²) in [7, 11) is 1.62. The average Bonchev–Trinajstić information content (AvgIpc) is 2.66. The number of Topliss-reactive ketones (excluding diaryl/α,β-unsaturated/α-hetero) is 1. The smallest absolute Gasteiger partial charge is 0.169 e. The maximum absolute atomic E-state index is 12.5. The van der Waals surface area contributed by atoms with E-state index >= 15 is 0 Å². The molecule has 1 aliphatic rings. The average molecular weight is 311 g/mol. The van der Waals surface area contributed by atoms with E-state index in [0.717, 1.165) is 22.9 Å². The van der Waals surface area contributed by atoms with Crippen LogP contribution in [0.3, 0.4) is 0 Å². The Bertz CT molecular complexity index is 421. The second-order valence-electron chi connectivity index (χ2n) is 4.90. The molecule has 1 saturated carbocycles. The van der Waals surface area contributed by atoms with Crippen LogP contribution in [0.1, 0.15) is 48.9 Å². The molecule has 18 heavy (non-hydrogen) atoms. The Morgan fingerprint density at radius 1 is 1.22 bits per heavy atom. The van der Waals surface area contributed by atoms with Gasteiger partial charge in [0, 0.05) is 10.4 Å². The first-order valence-electron chi connectivity index (χ1n) is 6.60. The zero-order chi connectivity index (χ0) is 13.0. The van der Waals surface area contributed by atoms with Crippen LogP contribution in [0.4, 0.5) is 0 Å². The molecule has 98 valence electrons. The summed E-state index contributed by atoms with van der Waals surface area (Å²) in [4.78, 5) is 12.5. The van der Waals surface area contributed by atoms with Gasteiger partial charge in [0.05, 0.1) is 12.7 Å². The van der Waals surface area contributed by atoms with Crippen molar-refractivity contribution >= 4 is 21.7 Å². The predicted molar refractivity (Wildman–Crippen MR) is 76.2 cm³/mol. The van der Waals surface area contributed by atoms with E-state index in [1.807, 2.05) is 18.2 Å². The summed E-state index contributed by atoms with van der Waals surface area (Å²) in [5.41, 5.74) is 0.729. The second kappa shape index (κ2) is 6.37. The maximum atomic E-state index is 12.5. The standard InChI is InChI=1S/C15H19BrO2/c1-18-14-10-12(16)8-9-13(14)15(17)11-6-4-2-3-5-7-11/h8-11H,2-7H2,1H3. The number of hydrogen-bond acceptors (Lipinski definition) is 2. The predicted octanol–water partition coefficient (Wildman–Crippen LogP) is 4.61. The van der Waals surface area contributed by atoms with E-state index in [0.29, 0.717) is 5.75 Å². The van der Waals surface area contributed by atoms with Crippen molar-refractivity contribution in [3.05, 3.63) is 28.2 Å². The highest BCUT2D eigenvalue weighted by Crippen LogP contribution is 2.31. The van der Waals surface area contributed by atoms with Crippen LogP contribution in [-0.4, -0.2) is 12.9 Å². The Balaban J connectivity index is 2.21. The van der Waals surface area contributed by atoms with E-state index in [1.165, 1.54) is 25.7 Å². The highest BCUT2D eigenvalue weighted by atomic mass is 79.9. The molecule has 0 heterocycles. The number of rotatable bonds is 3. The van der Waals surface area contributed by atoms with E-state index < -0.39 is 0 Å². The van der Waals surface area contributed by atoms with E-state index in [2.05, 4.69) is 15.9 Å². The Kier molecular flexibility index (Phi) is 4.81. The normalized spacial score (nSPS) is 17.2. The van der Waals surface area contributed by atoms with Gasteiger partial charge in [-0.25, -0.2) is 0 Å². The molecule has 2 nitrogen and oxygen atoms in total. The molecule has 0 aromatic heterocycles. The lowest BCUT2D eigenvalue weighted by molar-refractivity contribution is 0.0905. The van der Waals surface area contributed by atoms with Crippen LogP contribution in [0.25, 0.3) is 0 Å². The Labute approximate surface area is 117 Å². The first kappa shape index (κ1) is 13.6. The van der Waals surface area contributed by atoms with Crippen LogP contribution in [0.2, 0.25) is 0 Å². The van der Waals surface area contributed by atoms with Crippen LogP contribution in [0.5, 0.6) is 5.75 Å². The Morgan fingerprint density at radius 3 is 2.50 bits per heavy atom. The molecule has 3 heteroatoms. The van der Waals surface area contributed by atoms with Crippen LogP contribution in [-0.2, 0) is 0 Å². The summed E-state index contributed by atoms with van der Waals surface area (Å²) in [5, 5.41) is 0. The summed E-state index contributed by atoms with van der Waals surface area (Å²) in [6, 6.07) is 5.65. The van der Waals surface area contributed by atoms with E-state index in [9.17, 15) is 4.79 Å². The van der Waals surface area contributed by atoms with Gasteiger partial charge >= 0.3 is 0 Å². The third-order valence-corrected chi connectivity index (χ3v) is 4.15. The van der Waals surface area contributed by atoms with Crippen molar-refractivity contribution in [1.29, 1.82) is 0 Å². The molecular weight excluding hydrogens is 292 g/mol. The lowest BCUT2D eigenvalue weighted by Crippen LogP contribution is -2.15. The van der Waals surface area contributed by atoms with Crippen molar-refractivity contribution in [3.63, 3.8) is 0 Å². The minimum absolute atomic E-state index is 0.183. The van der Waals surface area contributed by atoms with E-state index in [1.54, 1.807) is 7.11 Å². The van der Waals surface area contributed by atoms with Crippen LogP contribution in [0.15, 0.2) is 22.7 Å². The summed E-state index contributed by atoms with van der Waals surface area (Å²) in [6.45, 7) is 0.